The Morgan fingerprint density at radius 1 is 1.29 bits per heavy atom. The zero-order valence-electron chi connectivity index (χ0n) is 16.2. The molecule has 1 amide bonds. The van der Waals surface area contributed by atoms with Crippen LogP contribution in [0.15, 0.2) is 35.4 Å². The van der Waals surface area contributed by atoms with E-state index in [1.807, 2.05) is 38.1 Å². The van der Waals surface area contributed by atoms with Crippen LogP contribution in [0.3, 0.4) is 0 Å². The number of thiophene rings is 1. The van der Waals surface area contributed by atoms with Crippen LogP contribution < -0.4 is 10.5 Å². The summed E-state index contributed by atoms with van der Waals surface area (Å²) in [5.41, 5.74) is 2.02. The van der Waals surface area contributed by atoms with Gasteiger partial charge in [0.2, 0.25) is 5.91 Å². The van der Waals surface area contributed by atoms with Gasteiger partial charge in [0.15, 0.2) is 0 Å². The highest BCUT2D eigenvalue weighted by Crippen LogP contribution is 2.27. The quantitative estimate of drug-likeness (QED) is 0.616. The van der Waals surface area contributed by atoms with Crippen LogP contribution in [0.4, 0.5) is 5.69 Å². The predicted octanol–water partition coefficient (Wildman–Crippen LogP) is 2.91. The van der Waals surface area contributed by atoms with Gasteiger partial charge in [-0.2, -0.15) is 0 Å². The highest BCUT2D eigenvalue weighted by molar-refractivity contribution is 7.20. The third-order valence-electron chi connectivity index (χ3n) is 4.52. The molecule has 0 aliphatic rings. The van der Waals surface area contributed by atoms with E-state index < -0.39 is 5.97 Å². The number of methoxy groups -OCH3 is 1. The third kappa shape index (κ3) is 3.55. The summed E-state index contributed by atoms with van der Waals surface area (Å²) in [5.74, 6) is -0.712. The number of aromatic nitrogens is 2. The topological polar surface area (TPSA) is 81.5 Å². The molecule has 0 N–H and O–H groups in total. The molecule has 28 heavy (non-hydrogen) atoms. The van der Waals surface area contributed by atoms with Gasteiger partial charge in [-0.15, -0.1) is 11.3 Å². The lowest BCUT2D eigenvalue weighted by atomic mass is 10.2. The molecule has 0 saturated heterocycles. The molecule has 0 bridgehead atoms. The van der Waals surface area contributed by atoms with Crippen molar-refractivity contribution in [1.82, 2.24) is 9.55 Å². The van der Waals surface area contributed by atoms with Gasteiger partial charge in [0.1, 0.15) is 16.3 Å². The number of carbonyl (C=O) groups excluding carboxylic acids is 2. The lowest BCUT2D eigenvalue weighted by Gasteiger charge is -2.22. The van der Waals surface area contributed by atoms with Crippen molar-refractivity contribution in [3.63, 3.8) is 0 Å². The number of fused-ring (bicyclic) bond motifs is 1. The van der Waals surface area contributed by atoms with Crippen molar-refractivity contribution >= 4 is 39.1 Å². The van der Waals surface area contributed by atoms with Crippen LogP contribution in [0.5, 0.6) is 0 Å². The highest BCUT2D eigenvalue weighted by Gasteiger charge is 2.21. The largest absolute Gasteiger partial charge is 0.465 e. The normalized spacial score (nSPS) is 10.9. The number of esters is 1. The number of aryl methyl sites for hydroxylation is 2. The zero-order valence-corrected chi connectivity index (χ0v) is 17.0. The molecule has 8 heteroatoms. The summed E-state index contributed by atoms with van der Waals surface area (Å²) in [4.78, 5) is 44.4. The van der Waals surface area contributed by atoms with Gasteiger partial charge < -0.3 is 9.64 Å². The summed E-state index contributed by atoms with van der Waals surface area (Å²) in [7, 11) is 1.29. The molecule has 146 valence electrons. The second kappa shape index (κ2) is 7.93. The number of amides is 1. The van der Waals surface area contributed by atoms with Crippen LogP contribution in [0.2, 0.25) is 0 Å². The molecule has 0 aliphatic heterocycles. The SMILES string of the molecule is CCN(C(=O)Cn1cnc2sc(C(=O)OC)c(C)c2c1=O)c1cccc(C)c1. The fraction of sp³-hybridized carbons (Fsp3) is 0.300. The van der Waals surface area contributed by atoms with E-state index in [2.05, 4.69) is 4.98 Å². The molecule has 0 atom stereocenters. The number of hydrogen-bond donors (Lipinski definition) is 0. The van der Waals surface area contributed by atoms with Crippen LogP contribution in [-0.4, -0.2) is 35.1 Å². The Labute approximate surface area is 166 Å². The third-order valence-corrected chi connectivity index (χ3v) is 5.70. The summed E-state index contributed by atoms with van der Waals surface area (Å²) < 4.78 is 6.04. The molecule has 2 heterocycles. The van der Waals surface area contributed by atoms with Crippen molar-refractivity contribution in [2.24, 2.45) is 0 Å². The van der Waals surface area contributed by atoms with Gasteiger partial charge in [0, 0.05) is 12.2 Å². The first-order valence-corrected chi connectivity index (χ1v) is 9.62. The fourth-order valence-corrected chi connectivity index (χ4v) is 4.15. The smallest absolute Gasteiger partial charge is 0.348 e. The number of likely N-dealkylation sites (N-methyl/N-ethyl adjacent to an activating group) is 1. The van der Waals surface area contributed by atoms with Crippen molar-refractivity contribution in [2.45, 2.75) is 27.3 Å². The van der Waals surface area contributed by atoms with Crippen LogP contribution in [-0.2, 0) is 16.1 Å². The molecule has 7 nitrogen and oxygen atoms in total. The van der Waals surface area contributed by atoms with Gasteiger partial charge in [-0.05, 0) is 44.0 Å². The van der Waals surface area contributed by atoms with Gasteiger partial charge in [-0.25, -0.2) is 9.78 Å². The first-order chi connectivity index (χ1) is 13.4. The molecular weight excluding hydrogens is 378 g/mol. The summed E-state index contributed by atoms with van der Waals surface area (Å²) in [6.07, 6.45) is 1.35. The minimum atomic E-state index is -0.501. The number of anilines is 1. The number of benzene rings is 1. The van der Waals surface area contributed by atoms with E-state index in [4.69, 9.17) is 4.74 Å². The van der Waals surface area contributed by atoms with Crippen molar-refractivity contribution in [3.8, 4) is 0 Å². The van der Waals surface area contributed by atoms with E-state index in [0.717, 1.165) is 22.6 Å². The Balaban J connectivity index is 1.96. The van der Waals surface area contributed by atoms with E-state index >= 15 is 0 Å². The van der Waals surface area contributed by atoms with E-state index in [1.54, 1.807) is 11.8 Å². The first-order valence-electron chi connectivity index (χ1n) is 8.81. The molecule has 0 radical (unpaired) electrons. The molecular formula is C20H21N3O4S. The second-order valence-electron chi connectivity index (χ2n) is 6.38. The molecule has 0 aliphatic carbocycles. The maximum atomic E-state index is 12.9. The molecule has 3 rings (SSSR count). The zero-order chi connectivity index (χ0) is 20.4. The molecule has 0 spiro atoms. The number of ether oxygens (including phenoxy) is 1. The van der Waals surface area contributed by atoms with E-state index in [9.17, 15) is 14.4 Å². The lowest BCUT2D eigenvalue weighted by molar-refractivity contribution is -0.119. The molecule has 0 unspecified atom stereocenters. The number of nitrogens with zero attached hydrogens (tertiary/aromatic N) is 3. The van der Waals surface area contributed by atoms with Gasteiger partial charge >= 0.3 is 5.97 Å². The Bertz CT molecular complexity index is 1120. The lowest BCUT2D eigenvalue weighted by Crippen LogP contribution is -2.36. The van der Waals surface area contributed by atoms with E-state index in [0.29, 0.717) is 27.2 Å². The summed E-state index contributed by atoms with van der Waals surface area (Å²) in [6.45, 7) is 5.88. The average Bonchev–Trinajstić information content (AvgIpc) is 3.01. The maximum absolute atomic E-state index is 12.9. The number of carbonyl (C=O) groups is 2. The Kier molecular flexibility index (Phi) is 5.60. The highest BCUT2D eigenvalue weighted by atomic mass is 32.1. The predicted molar refractivity (Wildman–Crippen MR) is 109 cm³/mol. The van der Waals surface area contributed by atoms with Crippen LogP contribution in [0.25, 0.3) is 10.2 Å². The molecule has 0 fully saturated rings. The van der Waals surface area contributed by atoms with Crippen LogP contribution in [0, 0.1) is 13.8 Å². The van der Waals surface area contributed by atoms with Gasteiger partial charge in [0.25, 0.3) is 5.56 Å². The number of hydrogen-bond acceptors (Lipinski definition) is 6. The van der Waals surface area contributed by atoms with Gasteiger partial charge in [-0.3, -0.25) is 14.2 Å². The van der Waals surface area contributed by atoms with Gasteiger partial charge in [0.05, 0.1) is 18.8 Å². The van der Waals surface area contributed by atoms with Crippen molar-refractivity contribution in [2.75, 3.05) is 18.6 Å². The maximum Gasteiger partial charge on any atom is 0.348 e. The standard InChI is InChI=1S/C20H21N3O4S/c1-5-23(14-8-6-7-12(2)9-14)15(24)10-22-11-21-18-16(19(22)25)13(3)17(28-18)20(26)27-4/h6-9,11H,5,10H2,1-4H3. The first kappa shape index (κ1) is 19.8. The number of rotatable bonds is 5. The van der Waals surface area contributed by atoms with Crippen molar-refractivity contribution in [3.05, 3.63) is 57.0 Å². The molecule has 2 aromatic heterocycles. The molecule has 3 aromatic rings. The average molecular weight is 399 g/mol. The second-order valence-corrected chi connectivity index (χ2v) is 7.38. The van der Waals surface area contributed by atoms with Gasteiger partial charge in [-0.1, -0.05) is 12.1 Å². The van der Waals surface area contributed by atoms with E-state index in [1.165, 1.54) is 18.0 Å². The fourth-order valence-electron chi connectivity index (χ4n) is 3.09. The Morgan fingerprint density at radius 3 is 2.68 bits per heavy atom. The van der Waals surface area contributed by atoms with Crippen LogP contribution >= 0.6 is 11.3 Å². The van der Waals surface area contributed by atoms with Crippen LogP contribution in [0.1, 0.15) is 27.7 Å². The summed E-state index contributed by atoms with van der Waals surface area (Å²) in [6, 6.07) is 7.65. The monoisotopic (exact) mass is 399 g/mol. The molecule has 0 saturated carbocycles. The minimum Gasteiger partial charge on any atom is -0.465 e. The Hall–Kier alpha value is -3.00. The summed E-state index contributed by atoms with van der Waals surface area (Å²) >= 11 is 1.11. The molecule has 1 aromatic carbocycles. The minimum absolute atomic E-state index is 0.133. The van der Waals surface area contributed by atoms with Crippen molar-refractivity contribution < 1.29 is 14.3 Å². The summed E-state index contributed by atoms with van der Waals surface area (Å²) in [5, 5.41) is 0.347. The Morgan fingerprint density at radius 2 is 2.04 bits per heavy atom. The van der Waals surface area contributed by atoms with E-state index in [-0.39, 0.29) is 18.0 Å². The van der Waals surface area contributed by atoms with Crippen molar-refractivity contribution in [1.29, 1.82) is 0 Å².